The van der Waals surface area contributed by atoms with Crippen molar-refractivity contribution in [3.63, 3.8) is 0 Å². The Morgan fingerprint density at radius 2 is 1.65 bits per heavy atom. The largest absolute Gasteiger partial charge is 0.372 e. The first-order chi connectivity index (χ1) is 12.5. The molecule has 2 aromatic rings. The van der Waals surface area contributed by atoms with E-state index >= 15 is 0 Å². The molecule has 0 amide bonds. The summed E-state index contributed by atoms with van der Waals surface area (Å²) in [6.45, 7) is 10.0. The number of benzene rings is 2. The maximum absolute atomic E-state index is 6.49. The van der Waals surface area contributed by atoms with Crippen LogP contribution in [0, 0.1) is 5.92 Å². The molecule has 0 N–H and O–H groups in total. The summed E-state index contributed by atoms with van der Waals surface area (Å²) in [7, 11) is -1.48. The van der Waals surface area contributed by atoms with Crippen molar-refractivity contribution in [2.24, 2.45) is 5.92 Å². The fourth-order valence-corrected chi connectivity index (χ4v) is 6.87. The Balaban J connectivity index is 1.55. The minimum absolute atomic E-state index is 0.122. The molecule has 0 radical (unpaired) electrons. The van der Waals surface area contributed by atoms with Crippen LogP contribution in [0.4, 0.5) is 0 Å². The molecule has 1 aliphatic heterocycles. The van der Waals surface area contributed by atoms with Gasteiger partial charge in [0.05, 0.1) is 33.0 Å². The van der Waals surface area contributed by atoms with Crippen LogP contribution < -0.4 is 5.19 Å². The van der Waals surface area contributed by atoms with Gasteiger partial charge in [-0.05, 0) is 30.9 Å². The van der Waals surface area contributed by atoms with Crippen LogP contribution in [0.2, 0.25) is 19.1 Å². The molecular formula is C23H32O2Si. The predicted molar refractivity (Wildman–Crippen MR) is 112 cm³/mol. The minimum Gasteiger partial charge on any atom is -0.372 e. The Morgan fingerprint density at radius 1 is 1.04 bits per heavy atom. The third-order valence-electron chi connectivity index (χ3n) is 5.66. The van der Waals surface area contributed by atoms with Gasteiger partial charge in [0.15, 0.2) is 0 Å². The molecule has 0 aromatic heterocycles. The van der Waals surface area contributed by atoms with Crippen LogP contribution in [0.15, 0.2) is 60.7 Å². The van der Waals surface area contributed by atoms with E-state index in [1.165, 1.54) is 16.8 Å². The molecular weight excluding hydrogens is 336 g/mol. The normalized spacial score (nSPS) is 24.5. The number of hydrogen-bond acceptors (Lipinski definition) is 2. The van der Waals surface area contributed by atoms with Crippen LogP contribution in [0.3, 0.4) is 0 Å². The summed E-state index contributed by atoms with van der Waals surface area (Å²) in [6.07, 6.45) is 1.83. The first-order valence-electron chi connectivity index (χ1n) is 9.82. The highest BCUT2D eigenvalue weighted by molar-refractivity contribution is 6.89. The molecule has 4 atom stereocenters. The smallest absolute Gasteiger partial charge is 0.0864 e. The van der Waals surface area contributed by atoms with Crippen molar-refractivity contribution in [1.82, 2.24) is 0 Å². The maximum atomic E-state index is 6.49. The Hall–Kier alpha value is -1.42. The highest BCUT2D eigenvalue weighted by Gasteiger charge is 2.39. The van der Waals surface area contributed by atoms with Crippen molar-refractivity contribution in [1.29, 1.82) is 0 Å². The quantitative estimate of drug-likeness (QED) is 0.640. The molecule has 3 heteroatoms. The molecule has 140 valence electrons. The lowest BCUT2D eigenvalue weighted by molar-refractivity contribution is -0.0729. The van der Waals surface area contributed by atoms with Gasteiger partial charge in [0.2, 0.25) is 0 Å². The van der Waals surface area contributed by atoms with Gasteiger partial charge in [0, 0.05) is 0 Å². The summed E-state index contributed by atoms with van der Waals surface area (Å²) in [5.41, 5.74) is 1.22. The molecule has 1 unspecified atom stereocenters. The van der Waals surface area contributed by atoms with Crippen LogP contribution in [0.5, 0.6) is 0 Å². The maximum Gasteiger partial charge on any atom is 0.0864 e. The number of hydrogen-bond donors (Lipinski definition) is 0. The van der Waals surface area contributed by atoms with Gasteiger partial charge in [-0.25, -0.2) is 0 Å². The molecule has 0 saturated carbocycles. The Kier molecular flexibility index (Phi) is 6.33. The summed E-state index contributed by atoms with van der Waals surface area (Å²) in [5, 5.41) is 1.52. The fourth-order valence-electron chi connectivity index (χ4n) is 4.14. The van der Waals surface area contributed by atoms with Gasteiger partial charge >= 0.3 is 0 Å². The topological polar surface area (TPSA) is 18.5 Å². The SMILES string of the molecule is CC(OCc1ccccc1)[C@@H]1O[C@@H](C[Si](C)(C)c2ccccc2)C[C@H]1C. The number of rotatable bonds is 7. The monoisotopic (exact) mass is 368 g/mol. The summed E-state index contributed by atoms with van der Waals surface area (Å²) >= 11 is 0. The van der Waals surface area contributed by atoms with E-state index in [9.17, 15) is 0 Å². The molecule has 2 nitrogen and oxygen atoms in total. The standard InChI is InChI=1S/C23H32O2Si/c1-18-15-21(17-26(3,4)22-13-9-6-10-14-22)25-23(18)19(2)24-16-20-11-7-5-8-12-20/h5-14,18-19,21,23H,15-17H2,1-4H3/t18-,19?,21-,23-/m1/s1. The van der Waals surface area contributed by atoms with Crippen molar-refractivity contribution in [2.75, 3.05) is 0 Å². The average Bonchev–Trinajstić information content (AvgIpc) is 3.01. The lowest BCUT2D eigenvalue weighted by Gasteiger charge is -2.27. The lowest BCUT2D eigenvalue weighted by Crippen LogP contribution is -2.44. The predicted octanol–water partition coefficient (Wildman–Crippen LogP) is 5.00. The molecule has 1 aliphatic rings. The third-order valence-corrected chi connectivity index (χ3v) is 9.03. The van der Waals surface area contributed by atoms with Crippen molar-refractivity contribution in [3.05, 3.63) is 66.2 Å². The van der Waals surface area contributed by atoms with Crippen molar-refractivity contribution in [2.45, 2.75) is 64.3 Å². The summed E-state index contributed by atoms with van der Waals surface area (Å²) < 4.78 is 12.6. The van der Waals surface area contributed by atoms with Gasteiger partial charge in [-0.15, -0.1) is 0 Å². The summed E-state index contributed by atoms with van der Waals surface area (Å²) in [6, 6.07) is 22.6. The third kappa shape index (κ3) is 4.85. The molecule has 0 aliphatic carbocycles. The van der Waals surface area contributed by atoms with Gasteiger partial charge < -0.3 is 9.47 Å². The van der Waals surface area contributed by atoms with Gasteiger partial charge in [-0.2, -0.15) is 0 Å². The van der Waals surface area contributed by atoms with Gasteiger partial charge in [0.25, 0.3) is 0 Å². The van der Waals surface area contributed by atoms with Crippen LogP contribution in [-0.2, 0) is 16.1 Å². The molecule has 2 aromatic carbocycles. The van der Waals surface area contributed by atoms with E-state index in [1.807, 2.05) is 6.07 Å². The Labute approximate surface area is 159 Å². The molecule has 3 rings (SSSR count). The average molecular weight is 369 g/mol. The van der Waals surface area contributed by atoms with Crippen molar-refractivity contribution >= 4 is 13.3 Å². The second-order valence-electron chi connectivity index (χ2n) is 8.39. The van der Waals surface area contributed by atoms with Crippen molar-refractivity contribution < 1.29 is 9.47 Å². The second kappa shape index (κ2) is 8.51. The molecule has 1 heterocycles. The van der Waals surface area contributed by atoms with E-state index in [4.69, 9.17) is 9.47 Å². The van der Waals surface area contributed by atoms with E-state index in [1.54, 1.807) is 0 Å². The Morgan fingerprint density at radius 3 is 2.31 bits per heavy atom. The molecule has 26 heavy (non-hydrogen) atoms. The van der Waals surface area contributed by atoms with Crippen LogP contribution in [0.25, 0.3) is 0 Å². The lowest BCUT2D eigenvalue weighted by atomic mass is 9.99. The zero-order valence-electron chi connectivity index (χ0n) is 16.5. The zero-order chi connectivity index (χ0) is 18.6. The molecule has 1 saturated heterocycles. The molecule has 1 fully saturated rings. The van der Waals surface area contributed by atoms with Gasteiger partial charge in [-0.1, -0.05) is 85.9 Å². The molecule has 0 spiro atoms. The van der Waals surface area contributed by atoms with Crippen LogP contribution >= 0.6 is 0 Å². The highest BCUT2D eigenvalue weighted by Crippen LogP contribution is 2.34. The van der Waals surface area contributed by atoms with E-state index in [-0.39, 0.29) is 12.2 Å². The zero-order valence-corrected chi connectivity index (χ0v) is 17.5. The van der Waals surface area contributed by atoms with E-state index < -0.39 is 8.07 Å². The summed E-state index contributed by atoms with van der Waals surface area (Å²) in [5.74, 6) is 0.548. The van der Waals surface area contributed by atoms with E-state index in [2.05, 4.69) is 81.5 Å². The number of ether oxygens (including phenoxy) is 2. The molecule has 0 bridgehead atoms. The first-order valence-corrected chi connectivity index (χ1v) is 13.0. The Bertz CT molecular complexity index is 671. The van der Waals surface area contributed by atoms with Gasteiger partial charge in [-0.3, -0.25) is 0 Å². The first kappa shape index (κ1) is 19.3. The van der Waals surface area contributed by atoms with Crippen LogP contribution in [0.1, 0.15) is 25.8 Å². The van der Waals surface area contributed by atoms with Crippen molar-refractivity contribution in [3.8, 4) is 0 Å². The van der Waals surface area contributed by atoms with Gasteiger partial charge in [0.1, 0.15) is 0 Å². The second-order valence-corrected chi connectivity index (χ2v) is 13.1. The minimum atomic E-state index is -1.48. The highest BCUT2D eigenvalue weighted by atomic mass is 28.3. The van der Waals surface area contributed by atoms with E-state index in [0.29, 0.717) is 18.6 Å². The van der Waals surface area contributed by atoms with E-state index in [0.717, 1.165) is 6.42 Å². The fraction of sp³-hybridized carbons (Fsp3) is 0.478. The summed E-state index contributed by atoms with van der Waals surface area (Å²) in [4.78, 5) is 0. The van der Waals surface area contributed by atoms with Crippen LogP contribution in [-0.4, -0.2) is 26.4 Å².